The molecule has 0 bridgehead atoms. The average Bonchev–Trinajstić information content (AvgIpc) is 2.93. The third kappa shape index (κ3) is 3.15. The predicted octanol–water partition coefficient (Wildman–Crippen LogP) is 2.72. The van der Waals surface area contributed by atoms with Crippen LogP contribution < -0.4 is 4.74 Å². The topological polar surface area (TPSA) is 30.3 Å². The Morgan fingerprint density at radius 1 is 1.21 bits per heavy atom. The average molecular weight is 259 g/mol. The van der Waals surface area contributed by atoms with Crippen LogP contribution in [0.3, 0.4) is 0 Å². The van der Waals surface area contributed by atoms with Gasteiger partial charge in [-0.15, -0.1) is 0 Å². The van der Waals surface area contributed by atoms with E-state index in [1.807, 2.05) is 18.3 Å². The van der Waals surface area contributed by atoms with E-state index in [4.69, 9.17) is 4.74 Å². The second-order valence-electron chi connectivity index (χ2n) is 4.39. The fourth-order valence-corrected chi connectivity index (χ4v) is 2.11. The molecule has 102 valence electrons. The molecule has 0 aliphatic carbocycles. The van der Waals surface area contributed by atoms with Crippen molar-refractivity contribution in [3.8, 4) is 11.6 Å². The molecule has 4 nitrogen and oxygen atoms in total. The monoisotopic (exact) mass is 259 g/mol. The van der Waals surface area contributed by atoms with Crippen molar-refractivity contribution in [3.63, 3.8) is 0 Å². The Kier molecular flexibility index (Phi) is 4.58. The van der Waals surface area contributed by atoms with Crippen LogP contribution in [0.15, 0.2) is 36.7 Å². The number of pyridine rings is 1. The van der Waals surface area contributed by atoms with Crippen molar-refractivity contribution in [2.24, 2.45) is 0 Å². The number of nitrogens with zero attached hydrogens (tertiary/aromatic N) is 3. The van der Waals surface area contributed by atoms with E-state index in [0.29, 0.717) is 5.88 Å². The van der Waals surface area contributed by atoms with Gasteiger partial charge in [0.25, 0.3) is 0 Å². The fourth-order valence-electron chi connectivity index (χ4n) is 2.11. The Balaban J connectivity index is 2.22. The normalized spacial score (nSPS) is 10.9. The molecule has 4 heteroatoms. The number of rotatable bonds is 6. The number of hydrogen-bond acceptors (Lipinski definition) is 3. The maximum Gasteiger partial charge on any atom is 0.213 e. The summed E-state index contributed by atoms with van der Waals surface area (Å²) >= 11 is 0. The van der Waals surface area contributed by atoms with Crippen LogP contribution in [0.5, 0.6) is 5.88 Å². The zero-order valence-electron chi connectivity index (χ0n) is 11.8. The molecule has 0 amide bonds. The smallest absolute Gasteiger partial charge is 0.213 e. The summed E-state index contributed by atoms with van der Waals surface area (Å²) in [7, 11) is 1.63. The van der Waals surface area contributed by atoms with E-state index < -0.39 is 0 Å². The van der Waals surface area contributed by atoms with Gasteiger partial charge in [0.1, 0.15) is 0 Å². The van der Waals surface area contributed by atoms with Gasteiger partial charge in [0.05, 0.1) is 19.0 Å². The molecule has 0 aliphatic heterocycles. The summed E-state index contributed by atoms with van der Waals surface area (Å²) in [5.74, 6) is 0.640. The van der Waals surface area contributed by atoms with E-state index in [0.717, 1.165) is 25.3 Å². The quantitative estimate of drug-likeness (QED) is 0.799. The maximum absolute atomic E-state index is 5.09. The van der Waals surface area contributed by atoms with Gasteiger partial charge in [-0.25, -0.2) is 4.98 Å². The molecule has 19 heavy (non-hydrogen) atoms. The van der Waals surface area contributed by atoms with Crippen molar-refractivity contribution in [1.29, 1.82) is 0 Å². The predicted molar refractivity (Wildman–Crippen MR) is 76.7 cm³/mol. The minimum absolute atomic E-state index is 0.640. The number of aromatic nitrogens is 2. The van der Waals surface area contributed by atoms with Crippen molar-refractivity contribution in [2.45, 2.75) is 20.4 Å². The van der Waals surface area contributed by atoms with Crippen molar-refractivity contribution in [2.75, 3.05) is 20.2 Å². The van der Waals surface area contributed by atoms with Gasteiger partial charge in [-0.1, -0.05) is 13.8 Å². The van der Waals surface area contributed by atoms with Crippen LogP contribution in [0.1, 0.15) is 19.5 Å². The fraction of sp³-hybridized carbons (Fsp3) is 0.400. The summed E-state index contributed by atoms with van der Waals surface area (Å²) in [5, 5.41) is 0. The van der Waals surface area contributed by atoms with Crippen molar-refractivity contribution in [3.05, 3.63) is 42.4 Å². The number of ether oxygens (including phenoxy) is 1. The first kappa shape index (κ1) is 13.6. The second-order valence-corrected chi connectivity index (χ2v) is 4.39. The molecule has 0 radical (unpaired) electrons. The van der Waals surface area contributed by atoms with E-state index >= 15 is 0 Å². The Morgan fingerprint density at radius 2 is 2.00 bits per heavy atom. The molecule has 2 heterocycles. The zero-order chi connectivity index (χ0) is 13.7. The third-order valence-electron chi connectivity index (χ3n) is 3.32. The van der Waals surface area contributed by atoms with Gasteiger partial charge in [0, 0.05) is 24.5 Å². The standard InChI is InChI=1S/C15H21N3O/c1-4-17(5-2)12-14-7-6-10-18(14)13-8-9-15(19-3)16-11-13/h6-11H,4-5,12H2,1-3H3. The highest BCUT2D eigenvalue weighted by atomic mass is 16.5. The zero-order valence-corrected chi connectivity index (χ0v) is 11.8. The lowest BCUT2D eigenvalue weighted by atomic mass is 10.3. The molecule has 2 rings (SSSR count). The van der Waals surface area contributed by atoms with E-state index in [1.165, 1.54) is 5.69 Å². The molecule has 0 unspecified atom stereocenters. The highest BCUT2D eigenvalue weighted by Gasteiger charge is 2.07. The minimum Gasteiger partial charge on any atom is -0.481 e. The number of hydrogen-bond donors (Lipinski definition) is 0. The molecule has 0 saturated heterocycles. The van der Waals surface area contributed by atoms with Gasteiger partial charge in [0.15, 0.2) is 0 Å². The molecule has 0 aromatic carbocycles. The van der Waals surface area contributed by atoms with E-state index in [2.05, 4.69) is 46.6 Å². The summed E-state index contributed by atoms with van der Waals surface area (Å²) in [6.07, 6.45) is 3.91. The van der Waals surface area contributed by atoms with Gasteiger partial charge in [-0.2, -0.15) is 0 Å². The van der Waals surface area contributed by atoms with Gasteiger partial charge in [0.2, 0.25) is 5.88 Å². The van der Waals surface area contributed by atoms with Gasteiger partial charge >= 0.3 is 0 Å². The Bertz CT molecular complexity index is 500. The molecular formula is C15H21N3O. The maximum atomic E-state index is 5.09. The van der Waals surface area contributed by atoms with Crippen LogP contribution in [-0.4, -0.2) is 34.7 Å². The lowest BCUT2D eigenvalue weighted by Gasteiger charge is -2.19. The largest absolute Gasteiger partial charge is 0.481 e. The van der Waals surface area contributed by atoms with Crippen LogP contribution in [0.25, 0.3) is 5.69 Å². The Morgan fingerprint density at radius 3 is 2.58 bits per heavy atom. The lowest BCUT2D eigenvalue weighted by Crippen LogP contribution is -2.23. The highest BCUT2D eigenvalue weighted by molar-refractivity contribution is 5.34. The van der Waals surface area contributed by atoms with E-state index in [-0.39, 0.29) is 0 Å². The Labute approximate surface area is 114 Å². The first-order valence-electron chi connectivity index (χ1n) is 6.67. The second kappa shape index (κ2) is 6.38. The van der Waals surface area contributed by atoms with Crippen LogP contribution >= 0.6 is 0 Å². The van der Waals surface area contributed by atoms with E-state index in [9.17, 15) is 0 Å². The van der Waals surface area contributed by atoms with Gasteiger partial charge in [-0.05, 0) is 31.3 Å². The summed E-state index contributed by atoms with van der Waals surface area (Å²) < 4.78 is 7.26. The van der Waals surface area contributed by atoms with Crippen LogP contribution in [0.4, 0.5) is 0 Å². The molecule has 0 N–H and O–H groups in total. The van der Waals surface area contributed by atoms with Crippen LogP contribution in [0, 0.1) is 0 Å². The first-order valence-corrected chi connectivity index (χ1v) is 6.67. The van der Waals surface area contributed by atoms with Gasteiger partial charge < -0.3 is 9.30 Å². The van der Waals surface area contributed by atoms with Crippen molar-refractivity contribution in [1.82, 2.24) is 14.5 Å². The molecule has 2 aromatic heterocycles. The van der Waals surface area contributed by atoms with Crippen molar-refractivity contribution < 1.29 is 4.74 Å². The van der Waals surface area contributed by atoms with Crippen molar-refractivity contribution >= 4 is 0 Å². The number of methoxy groups -OCH3 is 1. The van der Waals surface area contributed by atoms with Crippen LogP contribution in [0.2, 0.25) is 0 Å². The molecule has 0 fully saturated rings. The van der Waals surface area contributed by atoms with Gasteiger partial charge in [-0.3, -0.25) is 4.90 Å². The third-order valence-corrected chi connectivity index (χ3v) is 3.32. The summed E-state index contributed by atoms with van der Waals surface area (Å²) in [4.78, 5) is 6.65. The SMILES string of the molecule is CCN(CC)Cc1cccn1-c1ccc(OC)nc1. The lowest BCUT2D eigenvalue weighted by molar-refractivity contribution is 0.290. The first-order chi connectivity index (χ1) is 9.28. The molecule has 0 aliphatic rings. The minimum atomic E-state index is 0.640. The summed E-state index contributed by atoms with van der Waals surface area (Å²) in [5.41, 5.74) is 2.34. The summed E-state index contributed by atoms with van der Waals surface area (Å²) in [6, 6.07) is 8.14. The molecule has 0 atom stereocenters. The molecule has 0 saturated carbocycles. The molecule has 2 aromatic rings. The molecule has 0 spiro atoms. The van der Waals surface area contributed by atoms with E-state index in [1.54, 1.807) is 7.11 Å². The highest BCUT2D eigenvalue weighted by Crippen LogP contribution is 2.16. The van der Waals surface area contributed by atoms with Crippen LogP contribution in [-0.2, 0) is 6.54 Å². The molecular weight excluding hydrogens is 238 g/mol. The summed E-state index contributed by atoms with van der Waals surface area (Å²) in [6.45, 7) is 7.44. The Hall–Kier alpha value is -1.81.